The molecule has 5 nitrogen and oxygen atoms in total. The number of esters is 1. The van der Waals surface area contributed by atoms with Crippen LogP contribution in [-0.2, 0) is 10.3 Å². The van der Waals surface area contributed by atoms with Gasteiger partial charge in [-0.25, -0.2) is 4.79 Å². The Morgan fingerprint density at radius 2 is 2.35 bits per heavy atom. The van der Waals surface area contributed by atoms with Crippen LogP contribution in [0.4, 0.5) is 0 Å². The zero-order valence-corrected chi connectivity index (χ0v) is 9.27. The second-order valence-corrected chi connectivity index (χ2v) is 4.21. The van der Waals surface area contributed by atoms with Crippen LogP contribution in [0.3, 0.4) is 0 Å². The molecule has 0 saturated heterocycles. The fourth-order valence-corrected chi connectivity index (χ4v) is 1.80. The van der Waals surface area contributed by atoms with Gasteiger partial charge in [0.2, 0.25) is 0 Å². The van der Waals surface area contributed by atoms with Gasteiger partial charge in [-0.3, -0.25) is 4.98 Å². The average molecular weight is 233 g/mol. The Kier molecular flexibility index (Phi) is 2.00. The fraction of sp³-hybridized carbons (Fsp3) is 0.333. The van der Waals surface area contributed by atoms with Gasteiger partial charge in [-0.15, -0.1) is 0 Å². The second kappa shape index (κ2) is 3.30. The molecule has 5 heteroatoms. The molecule has 1 N–H and O–H groups in total. The number of rotatable bonds is 2. The molecule has 1 fully saturated rings. The smallest absolute Gasteiger partial charge is 0.341 e. The number of furan rings is 1. The summed E-state index contributed by atoms with van der Waals surface area (Å²) in [7, 11) is 1.31. The van der Waals surface area contributed by atoms with Gasteiger partial charge >= 0.3 is 5.97 Å². The summed E-state index contributed by atoms with van der Waals surface area (Å²) in [5.41, 5.74) is 0.388. The highest BCUT2D eigenvalue weighted by Gasteiger charge is 2.45. The van der Waals surface area contributed by atoms with Crippen LogP contribution >= 0.6 is 0 Å². The number of pyridine rings is 1. The molecule has 0 aromatic carbocycles. The number of ether oxygens (including phenoxy) is 1. The van der Waals surface area contributed by atoms with Crippen molar-refractivity contribution in [3.8, 4) is 0 Å². The molecule has 0 spiro atoms. The monoisotopic (exact) mass is 233 g/mol. The first-order valence-corrected chi connectivity index (χ1v) is 5.34. The van der Waals surface area contributed by atoms with Crippen LogP contribution in [0.15, 0.2) is 22.7 Å². The average Bonchev–Trinajstić information content (AvgIpc) is 2.94. The van der Waals surface area contributed by atoms with Crippen molar-refractivity contribution >= 4 is 17.1 Å². The van der Waals surface area contributed by atoms with E-state index in [1.807, 2.05) is 0 Å². The number of fused-ring (bicyclic) bond motifs is 1. The Hall–Kier alpha value is -1.88. The molecule has 2 aromatic rings. The number of methoxy groups -OCH3 is 1. The number of nitrogens with zero attached hydrogens (tertiary/aromatic N) is 1. The summed E-state index contributed by atoms with van der Waals surface area (Å²) in [6, 6.07) is 3.22. The molecular weight excluding hydrogens is 222 g/mol. The highest BCUT2D eigenvalue weighted by molar-refractivity contribution is 6.00. The lowest BCUT2D eigenvalue weighted by atomic mass is 10.2. The van der Waals surface area contributed by atoms with Crippen molar-refractivity contribution in [1.82, 2.24) is 4.98 Å². The van der Waals surface area contributed by atoms with Gasteiger partial charge in [0.25, 0.3) is 0 Å². The predicted octanol–water partition coefficient (Wildman–Crippen LogP) is 1.60. The maximum Gasteiger partial charge on any atom is 0.341 e. The molecule has 0 amide bonds. The van der Waals surface area contributed by atoms with E-state index in [2.05, 4.69) is 9.72 Å². The highest BCUT2D eigenvalue weighted by Crippen LogP contribution is 2.46. The lowest BCUT2D eigenvalue weighted by Crippen LogP contribution is -2.02. The minimum absolute atomic E-state index is 0.327. The summed E-state index contributed by atoms with van der Waals surface area (Å²) in [6.07, 6.45) is 2.88. The van der Waals surface area contributed by atoms with Gasteiger partial charge in [0.15, 0.2) is 5.58 Å². The van der Waals surface area contributed by atoms with Gasteiger partial charge in [0.1, 0.15) is 22.4 Å². The van der Waals surface area contributed by atoms with Crippen LogP contribution in [-0.4, -0.2) is 23.2 Å². The second-order valence-electron chi connectivity index (χ2n) is 4.21. The Bertz CT molecular complexity index is 598. The number of carbonyl (C=O) groups is 1. The van der Waals surface area contributed by atoms with Crippen LogP contribution in [0, 0.1) is 0 Å². The van der Waals surface area contributed by atoms with E-state index < -0.39 is 11.6 Å². The van der Waals surface area contributed by atoms with Gasteiger partial charge in [0, 0.05) is 12.3 Å². The van der Waals surface area contributed by atoms with Crippen LogP contribution in [0.2, 0.25) is 0 Å². The van der Waals surface area contributed by atoms with Crippen LogP contribution in [0.5, 0.6) is 0 Å². The van der Waals surface area contributed by atoms with Crippen LogP contribution in [0.25, 0.3) is 11.1 Å². The SMILES string of the molecule is COC(=O)c1ccnc2cc(C3(O)CC3)oc12. The number of aromatic nitrogens is 1. The normalized spacial score (nSPS) is 17.1. The summed E-state index contributed by atoms with van der Waals surface area (Å²) < 4.78 is 10.2. The molecule has 88 valence electrons. The number of hydrogen-bond donors (Lipinski definition) is 1. The van der Waals surface area contributed by atoms with Crippen molar-refractivity contribution in [1.29, 1.82) is 0 Å². The maximum absolute atomic E-state index is 11.5. The first kappa shape index (κ1) is 10.3. The van der Waals surface area contributed by atoms with Crippen molar-refractivity contribution in [3.05, 3.63) is 29.7 Å². The Morgan fingerprint density at radius 3 is 3.00 bits per heavy atom. The van der Waals surface area contributed by atoms with Crippen molar-refractivity contribution in [3.63, 3.8) is 0 Å². The Labute approximate surface area is 97.0 Å². The molecule has 0 aliphatic heterocycles. The molecule has 2 aromatic heterocycles. The molecule has 0 atom stereocenters. The van der Waals surface area contributed by atoms with Crippen molar-refractivity contribution in [2.75, 3.05) is 7.11 Å². The van der Waals surface area contributed by atoms with Gasteiger partial charge in [0.05, 0.1) is 7.11 Å². The van der Waals surface area contributed by atoms with E-state index in [1.165, 1.54) is 13.3 Å². The first-order valence-electron chi connectivity index (χ1n) is 5.34. The Morgan fingerprint density at radius 1 is 1.59 bits per heavy atom. The van der Waals surface area contributed by atoms with Gasteiger partial charge < -0.3 is 14.3 Å². The molecule has 2 heterocycles. The summed E-state index contributed by atoms with van der Waals surface area (Å²) >= 11 is 0. The topological polar surface area (TPSA) is 72.6 Å². The third kappa shape index (κ3) is 1.51. The quantitative estimate of drug-likeness (QED) is 0.797. The molecule has 3 rings (SSSR count). The summed E-state index contributed by atoms with van der Waals surface area (Å²) in [4.78, 5) is 15.6. The van der Waals surface area contributed by atoms with E-state index in [4.69, 9.17) is 4.42 Å². The zero-order valence-electron chi connectivity index (χ0n) is 9.27. The third-order valence-corrected chi connectivity index (χ3v) is 3.00. The summed E-state index contributed by atoms with van der Waals surface area (Å²) in [6.45, 7) is 0. The van der Waals surface area contributed by atoms with E-state index in [-0.39, 0.29) is 0 Å². The van der Waals surface area contributed by atoms with Gasteiger partial charge in [-0.05, 0) is 18.9 Å². The van der Waals surface area contributed by atoms with E-state index >= 15 is 0 Å². The molecule has 17 heavy (non-hydrogen) atoms. The number of carbonyl (C=O) groups excluding carboxylic acids is 1. The third-order valence-electron chi connectivity index (χ3n) is 3.00. The molecule has 1 aliphatic rings. The highest BCUT2D eigenvalue weighted by atomic mass is 16.5. The minimum Gasteiger partial charge on any atom is -0.465 e. The number of hydrogen-bond acceptors (Lipinski definition) is 5. The van der Waals surface area contributed by atoms with Gasteiger partial charge in [-0.1, -0.05) is 0 Å². The lowest BCUT2D eigenvalue weighted by Gasteiger charge is -2.01. The maximum atomic E-state index is 11.5. The zero-order chi connectivity index (χ0) is 12.0. The molecule has 0 radical (unpaired) electrons. The molecule has 1 aliphatic carbocycles. The molecule has 0 unspecified atom stereocenters. The summed E-state index contributed by atoms with van der Waals surface area (Å²) in [5, 5.41) is 9.95. The minimum atomic E-state index is -0.867. The van der Waals surface area contributed by atoms with E-state index in [9.17, 15) is 9.90 Å². The Balaban J connectivity index is 2.18. The van der Waals surface area contributed by atoms with E-state index in [1.54, 1.807) is 12.1 Å². The summed E-state index contributed by atoms with van der Waals surface area (Å²) in [5.74, 6) is -0.00237. The largest absolute Gasteiger partial charge is 0.465 e. The van der Waals surface area contributed by atoms with E-state index in [0.29, 0.717) is 35.3 Å². The van der Waals surface area contributed by atoms with Crippen molar-refractivity contribution in [2.45, 2.75) is 18.4 Å². The van der Waals surface area contributed by atoms with Crippen LogP contribution in [0.1, 0.15) is 29.0 Å². The van der Waals surface area contributed by atoms with Crippen molar-refractivity contribution < 1.29 is 19.1 Å². The lowest BCUT2D eigenvalue weighted by molar-refractivity contribution is 0.0600. The first-order chi connectivity index (χ1) is 8.14. The van der Waals surface area contributed by atoms with E-state index in [0.717, 1.165) is 0 Å². The predicted molar refractivity (Wildman–Crippen MR) is 58.5 cm³/mol. The van der Waals surface area contributed by atoms with Crippen LogP contribution < -0.4 is 0 Å². The molecule has 0 bridgehead atoms. The van der Waals surface area contributed by atoms with Crippen molar-refractivity contribution in [2.24, 2.45) is 0 Å². The molecular formula is C12H11NO4. The fourth-order valence-electron chi connectivity index (χ4n) is 1.80. The van der Waals surface area contributed by atoms with Gasteiger partial charge in [-0.2, -0.15) is 0 Å². The number of aliphatic hydroxyl groups is 1. The molecule has 1 saturated carbocycles. The standard InChI is InChI=1S/C12H11NO4/c1-16-11(14)7-2-5-13-8-6-9(17-10(7)8)12(15)3-4-12/h2,5-6,15H,3-4H2,1H3.